The number of urea groups is 1. The van der Waals surface area contributed by atoms with E-state index in [1.165, 1.54) is 0 Å². The van der Waals surface area contributed by atoms with Crippen LogP contribution in [0.3, 0.4) is 0 Å². The van der Waals surface area contributed by atoms with Gasteiger partial charge in [0.2, 0.25) is 5.91 Å². The first kappa shape index (κ1) is 20.0. The van der Waals surface area contributed by atoms with Crippen LogP contribution in [0.25, 0.3) is 0 Å². The summed E-state index contributed by atoms with van der Waals surface area (Å²) in [7, 11) is 0. The summed E-state index contributed by atoms with van der Waals surface area (Å²) in [6.07, 6.45) is 3.60. The first-order valence-electron chi connectivity index (χ1n) is 9.89. The second kappa shape index (κ2) is 8.12. The van der Waals surface area contributed by atoms with Gasteiger partial charge in [-0.25, -0.2) is 9.69 Å². The number of hydrogen-bond acceptors (Lipinski definition) is 4. The maximum absolute atomic E-state index is 12.8. The van der Waals surface area contributed by atoms with Crippen molar-refractivity contribution in [3.05, 3.63) is 29.8 Å². The van der Waals surface area contributed by atoms with Gasteiger partial charge in [-0.2, -0.15) is 0 Å². The second-order valence-electron chi connectivity index (χ2n) is 7.97. The third kappa shape index (κ3) is 3.79. The molecule has 0 radical (unpaired) electrons. The topological polar surface area (TPSA) is 86.8 Å². The van der Waals surface area contributed by atoms with Gasteiger partial charge in [-0.1, -0.05) is 51.8 Å². The molecule has 1 heterocycles. The van der Waals surface area contributed by atoms with Crippen molar-refractivity contribution in [1.29, 1.82) is 0 Å². The SMILES string of the molecule is CC(C)c1ccccc1NC(=O)CN1C(=O)C(=O)N([C@H]2CCCC[C@H]2C)C1=O. The Hall–Kier alpha value is -2.70. The lowest BCUT2D eigenvalue weighted by molar-refractivity contribution is -0.145. The average molecular weight is 385 g/mol. The molecule has 3 rings (SSSR count). The molecule has 1 saturated carbocycles. The summed E-state index contributed by atoms with van der Waals surface area (Å²) in [6, 6.07) is 6.45. The molecule has 7 nitrogen and oxygen atoms in total. The van der Waals surface area contributed by atoms with Crippen LogP contribution in [0.4, 0.5) is 10.5 Å². The van der Waals surface area contributed by atoms with Gasteiger partial charge in [0.05, 0.1) is 0 Å². The van der Waals surface area contributed by atoms with Gasteiger partial charge in [0, 0.05) is 11.7 Å². The predicted molar refractivity (Wildman–Crippen MR) is 105 cm³/mol. The predicted octanol–water partition coefficient (Wildman–Crippen LogP) is 3.12. The Morgan fingerprint density at radius 1 is 1.11 bits per heavy atom. The van der Waals surface area contributed by atoms with Crippen LogP contribution in [0.15, 0.2) is 24.3 Å². The first-order valence-corrected chi connectivity index (χ1v) is 9.89. The van der Waals surface area contributed by atoms with Crippen molar-refractivity contribution < 1.29 is 19.2 Å². The Morgan fingerprint density at radius 3 is 2.46 bits per heavy atom. The zero-order valence-electron chi connectivity index (χ0n) is 16.6. The minimum atomic E-state index is -0.921. The van der Waals surface area contributed by atoms with E-state index in [1.54, 1.807) is 6.07 Å². The summed E-state index contributed by atoms with van der Waals surface area (Å²) < 4.78 is 0. The standard InChI is InChI=1S/C21H27N3O4/c1-13(2)15-9-5-6-10-16(15)22-18(25)12-23-19(26)20(27)24(21(23)28)17-11-7-4-8-14(17)3/h5-6,9-10,13-14,17H,4,7-8,11-12H2,1-3H3,(H,22,25)/t14-,17+/m1/s1. The van der Waals surface area contributed by atoms with Crippen molar-refractivity contribution in [2.45, 2.75) is 58.4 Å². The maximum Gasteiger partial charge on any atom is 0.334 e. The lowest BCUT2D eigenvalue weighted by Crippen LogP contribution is -2.46. The molecule has 7 heteroatoms. The third-order valence-corrected chi connectivity index (χ3v) is 5.64. The summed E-state index contributed by atoms with van der Waals surface area (Å²) in [6.45, 7) is 5.56. The van der Waals surface area contributed by atoms with Gasteiger partial charge in [0.15, 0.2) is 0 Å². The van der Waals surface area contributed by atoms with E-state index in [-0.39, 0.29) is 17.9 Å². The van der Waals surface area contributed by atoms with E-state index in [1.807, 2.05) is 39.0 Å². The minimum Gasteiger partial charge on any atom is -0.324 e. The number of benzene rings is 1. The van der Waals surface area contributed by atoms with Crippen LogP contribution in [0.5, 0.6) is 0 Å². The highest BCUT2D eigenvalue weighted by atomic mass is 16.2. The van der Waals surface area contributed by atoms with E-state index in [2.05, 4.69) is 5.32 Å². The Bertz CT molecular complexity index is 805. The van der Waals surface area contributed by atoms with Crippen molar-refractivity contribution in [3.8, 4) is 0 Å². The highest BCUT2D eigenvalue weighted by Crippen LogP contribution is 2.31. The van der Waals surface area contributed by atoms with Crippen LogP contribution >= 0.6 is 0 Å². The van der Waals surface area contributed by atoms with Crippen molar-refractivity contribution in [3.63, 3.8) is 0 Å². The van der Waals surface area contributed by atoms with Gasteiger partial charge >= 0.3 is 17.8 Å². The average Bonchev–Trinajstić information content (AvgIpc) is 2.86. The molecule has 150 valence electrons. The molecule has 5 amide bonds. The molecule has 1 aromatic carbocycles. The fraction of sp³-hybridized carbons (Fsp3) is 0.524. The highest BCUT2D eigenvalue weighted by molar-refractivity contribution is 6.45. The Labute approximate surface area is 165 Å². The van der Waals surface area contributed by atoms with E-state index in [9.17, 15) is 19.2 Å². The zero-order chi connectivity index (χ0) is 20.4. The van der Waals surface area contributed by atoms with Crippen molar-refractivity contribution in [1.82, 2.24) is 9.80 Å². The van der Waals surface area contributed by atoms with Crippen LogP contribution in [0, 0.1) is 5.92 Å². The number of para-hydroxylation sites is 1. The Morgan fingerprint density at radius 2 is 1.79 bits per heavy atom. The summed E-state index contributed by atoms with van der Waals surface area (Å²) in [5, 5.41) is 2.76. The Kier molecular flexibility index (Phi) is 5.82. The fourth-order valence-electron chi connectivity index (χ4n) is 4.08. The normalized spacial score (nSPS) is 22.9. The van der Waals surface area contributed by atoms with E-state index < -0.39 is 30.3 Å². The van der Waals surface area contributed by atoms with Crippen molar-refractivity contribution >= 4 is 29.4 Å². The minimum absolute atomic E-state index is 0.154. The number of anilines is 1. The second-order valence-corrected chi connectivity index (χ2v) is 7.97. The largest absolute Gasteiger partial charge is 0.334 e. The van der Waals surface area contributed by atoms with Gasteiger partial charge in [-0.05, 0) is 36.3 Å². The molecule has 2 atom stereocenters. The number of amides is 5. The molecule has 0 bridgehead atoms. The van der Waals surface area contributed by atoms with Crippen molar-refractivity contribution in [2.75, 3.05) is 11.9 Å². The van der Waals surface area contributed by atoms with Gasteiger partial charge in [0.25, 0.3) is 0 Å². The monoisotopic (exact) mass is 385 g/mol. The van der Waals surface area contributed by atoms with E-state index in [0.29, 0.717) is 12.1 Å². The van der Waals surface area contributed by atoms with Crippen molar-refractivity contribution in [2.24, 2.45) is 5.92 Å². The molecule has 0 spiro atoms. The molecule has 0 aromatic heterocycles. The molecule has 28 heavy (non-hydrogen) atoms. The smallest absolute Gasteiger partial charge is 0.324 e. The number of carbonyl (C=O) groups excluding carboxylic acids is 4. The number of hydrogen-bond donors (Lipinski definition) is 1. The van der Waals surface area contributed by atoms with E-state index in [4.69, 9.17) is 0 Å². The summed E-state index contributed by atoms with van der Waals surface area (Å²) in [5.41, 5.74) is 1.61. The number of nitrogens with one attached hydrogen (secondary N) is 1. The third-order valence-electron chi connectivity index (χ3n) is 5.64. The lowest BCUT2D eigenvalue weighted by Gasteiger charge is -2.34. The fourth-order valence-corrected chi connectivity index (χ4v) is 4.08. The molecular weight excluding hydrogens is 358 g/mol. The zero-order valence-corrected chi connectivity index (χ0v) is 16.6. The van der Waals surface area contributed by atoms with Gasteiger partial charge in [-0.3, -0.25) is 19.3 Å². The van der Waals surface area contributed by atoms with Gasteiger partial charge < -0.3 is 5.32 Å². The number of nitrogens with zero attached hydrogens (tertiary/aromatic N) is 2. The van der Waals surface area contributed by atoms with Gasteiger partial charge in [0.1, 0.15) is 6.54 Å². The van der Waals surface area contributed by atoms with Crippen LogP contribution in [0.2, 0.25) is 0 Å². The number of carbonyl (C=O) groups is 4. The van der Waals surface area contributed by atoms with Gasteiger partial charge in [-0.15, -0.1) is 0 Å². The molecule has 1 saturated heterocycles. The molecule has 1 N–H and O–H groups in total. The molecule has 1 aliphatic heterocycles. The maximum atomic E-state index is 12.8. The first-order chi connectivity index (χ1) is 13.3. The number of rotatable bonds is 5. The van der Waals surface area contributed by atoms with Crippen LogP contribution in [-0.4, -0.2) is 46.1 Å². The molecule has 2 aliphatic rings. The quantitative estimate of drug-likeness (QED) is 0.623. The molecule has 2 fully saturated rings. The summed E-state index contributed by atoms with van der Waals surface area (Å²) in [4.78, 5) is 51.9. The van der Waals surface area contributed by atoms with Crippen LogP contribution < -0.4 is 5.32 Å². The molecular formula is C21H27N3O4. The highest BCUT2D eigenvalue weighted by Gasteiger charge is 2.49. The molecule has 1 aliphatic carbocycles. The van der Waals surface area contributed by atoms with Crippen LogP contribution in [-0.2, 0) is 14.4 Å². The summed E-state index contributed by atoms with van der Waals surface area (Å²) >= 11 is 0. The lowest BCUT2D eigenvalue weighted by atomic mass is 9.85. The number of imide groups is 2. The summed E-state index contributed by atoms with van der Waals surface area (Å²) in [5.74, 6) is -1.88. The van der Waals surface area contributed by atoms with E-state index in [0.717, 1.165) is 34.6 Å². The Balaban J connectivity index is 1.72. The molecule has 1 aromatic rings. The van der Waals surface area contributed by atoms with Crippen LogP contribution in [0.1, 0.15) is 57.9 Å². The molecule has 0 unspecified atom stereocenters. The van der Waals surface area contributed by atoms with E-state index >= 15 is 0 Å².